The second kappa shape index (κ2) is 5.23. The van der Waals surface area contributed by atoms with E-state index < -0.39 is 22.2 Å². The van der Waals surface area contributed by atoms with Crippen LogP contribution in [0.5, 0.6) is 5.75 Å². The highest BCUT2D eigenvalue weighted by molar-refractivity contribution is 5.81. The summed E-state index contributed by atoms with van der Waals surface area (Å²) >= 11 is 0. The number of aliphatic carboxylic acids is 1. The molecule has 8 nitrogen and oxygen atoms in total. The Kier molecular flexibility index (Phi) is 3.62. The molecule has 1 heterocycles. The van der Waals surface area contributed by atoms with Crippen molar-refractivity contribution < 1.29 is 19.6 Å². The number of carbonyl (C=O) groups is 1. The molecule has 2 rings (SSSR count). The molecule has 0 unspecified atom stereocenters. The van der Waals surface area contributed by atoms with Gasteiger partial charge in [-0.3, -0.25) is 4.57 Å². The maximum atomic E-state index is 11.7. The fraction of sp³-hybridized carbons (Fsp3) is 0.231. The normalized spacial score (nSPS) is 13.4. The molecular weight excluding hydrogens is 278 g/mol. The summed E-state index contributed by atoms with van der Waals surface area (Å²) < 4.78 is 6.23. The summed E-state index contributed by atoms with van der Waals surface area (Å²) in [7, 11) is 1.50. The maximum absolute atomic E-state index is 11.7. The first-order valence-electron chi connectivity index (χ1n) is 5.96. The van der Waals surface area contributed by atoms with Gasteiger partial charge in [-0.1, -0.05) is 12.1 Å². The Labute approximate surface area is 119 Å². The molecule has 1 aromatic carbocycles. The molecule has 110 valence electrons. The zero-order valence-corrected chi connectivity index (χ0v) is 11.4. The summed E-state index contributed by atoms with van der Waals surface area (Å²) in [5.74, 6) is -0.973. The van der Waals surface area contributed by atoms with Crippen LogP contribution in [0.3, 0.4) is 0 Å². The van der Waals surface area contributed by atoms with Gasteiger partial charge in [0, 0.05) is 0 Å². The van der Waals surface area contributed by atoms with Gasteiger partial charge in [-0.25, -0.2) is 4.79 Å². The molecule has 0 aliphatic heterocycles. The van der Waals surface area contributed by atoms with Crippen LogP contribution in [0, 0.1) is 10.1 Å². The number of nitro groups is 1. The second-order valence-electron chi connectivity index (χ2n) is 4.50. The van der Waals surface area contributed by atoms with Crippen molar-refractivity contribution >= 4 is 11.8 Å². The number of methoxy groups -OCH3 is 1. The largest absolute Gasteiger partial charge is 0.497 e. The van der Waals surface area contributed by atoms with E-state index in [1.54, 1.807) is 24.3 Å². The lowest BCUT2D eigenvalue weighted by Crippen LogP contribution is -2.39. The quantitative estimate of drug-likeness (QED) is 0.663. The monoisotopic (exact) mass is 291 g/mol. The van der Waals surface area contributed by atoms with E-state index in [9.17, 15) is 20.0 Å². The highest BCUT2D eigenvalue weighted by atomic mass is 16.6. The Hall–Kier alpha value is -2.90. The van der Waals surface area contributed by atoms with Crippen molar-refractivity contribution in [3.63, 3.8) is 0 Å². The van der Waals surface area contributed by atoms with E-state index in [1.807, 2.05) is 0 Å². The van der Waals surface area contributed by atoms with Gasteiger partial charge in [0.25, 0.3) is 0 Å². The van der Waals surface area contributed by atoms with Crippen molar-refractivity contribution in [3.05, 3.63) is 52.5 Å². The number of ether oxygens (including phenoxy) is 1. The summed E-state index contributed by atoms with van der Waals surface area (Å²) in [5, 5.41) is 20.3. The van der Waals surface area contributed by atoms with E-state index in [0.717, 1.165) is 12.5 Å². The van der Waals surface area contributed by atoms with E-state index in [2.05, 4.69) is 4.98 Å². The Morgan fingerprint density at radius 1 is 1.43 bits per heavy atom. The first kappa shape index (κ1) is 14.5. The molecule has 0 spiro atoms. The van der Waals surface area contributed by atoms with Crippen LogP contribution in [0.25, 0.3) is 0 Å². The van der Waals surface area contributed by atoms with Gasteiger partial charge < -0.3 is 20.0 Å². The Morgan fingerprint density at radius 2 is 2.05 bits per heavy atom. The third-order valence-electron chi connectivity index (χ3n) is 3.34. The van der Waals surface area contributed by atoms with E-state index in [-0.39, 0.29) is 0 Å². The first-order valence-corrected chi connectivity index (χ1v) is 5.96. The average Bonchev–Trinajstić information content (AvgIpc) is 2.96. The molecule has 0 amide bonds. The summed E-state index contributed by atoms with van der Waals surface area (Å²) in [4.78, 5) is 25.3. The molecule has 2 aromatic rings. The Bertz CT molecular complexity index is 679. The van der Waals surface area contributed by atoms with Gasteiger partial charge in [-0.15, -0.1) is 0 Å². The molecule has 1 N–H and O–H groups in total. The average molecular weight is 291 g/mol. The fourth-order valence-corrected chi connectivity index (χ4v) is 1.95. The number of hydrogen-bond donors (Lipinski definition) is 1. The highest BCUT2D eigenvalue weighted by Crippen LogP contribution is 2.29. The van der Waals surface area contributed by atoms with Crippen molar-refractivity contribution in [3.8, 4) is 5.75 Å². The van der Waals surface area contributed by atoms with Crippen LogP contribution in [0.1, 0.15) is 12.5 Å². The summed E-state index contributed by atoms with van der Waals surface area (Å²) in [5.41, 5.74) is -1.06. The Balaban J connectivity index is 2.52. The Morgan fingerprint density at radius 3 is 2.48 bits per heavy atom. The number of hydrogen-bond acceptors (Lipinski definition) is 5. The smallest absolute Gasteiger partial charge is 0.381 e. The van der Waals surface area contributed by atoms with Crippen LogP contribution in [0.2, 0.25) is 0 Å². The van der Waals surface area contributed by atoms with Gasteiger partial charge >= 0.3 is 11.8 Å². The van der Waals surface area contributed by atoms with Crippen molar-refractivity contribution in [2.24, 2.45) is 0 Å². The van der Waals surface area contributed by atoms with Crippen molar-refractivity contribution in [2.45, 2.75) is 12.5 Å². The van der Waals surface area contributed by atoms with E-state index in [4.69, 9.17) is 4.74 Å². The number of benzene rings is 1. The van der Waals surface area contributed by atoms with Crippen LogP contribution in [0.4, 0.5) is 5.82 Å². The SMILES string of the molecule is COc1ccc([C@@](C)(C(=O)O)n2cnc([N+](=O)[O-])c2)cc1. The molecule has 0 aliphatic carbocycles. The van der Waals surface area contributed by atoms with Crippen LogP contribution in [0.15, 0.2) is 36.8 Å². The van der Waals surface area contributed by atoms with Gasteiger partial charge in [0.15, 0.2) is 5.54 Å². The fourth-order valence-electron chi connectivity index (χ4n) is 1.95. The number of rotatable bonds is 5. The number of carboxylic acids is 1. The molecule has 21 heavy (non-hydrogen) atoms. The second-order valence-corrected chi connectivity index (χ2v) is 4.50. The van der Waals surface area contributed by atoms with E-state index in [1.165, 1.54) is 18.6 Å². The molecule has 0 aliphatic rings. The van der Waals surface area contributed by atoms with Crippen LogP contribution in [-0.4, -0.2) is 32.7 Å². The molecule has 8 heteroatoms. The van der Waals surface area contributed by atoms with Crippen molar-refractivity contribution in [1.82, 2.24) is 9.55 Å². The predicted molar refractivity (Wildman–Crippen MR) is 72.3 cm³/mol. The van der Waals surface area contributed by atoms with E-state index in [0.29, 0.717) is 11.3 Å². The minimum Gasteiger partial charge on any atom is -0.497 e. The minimum absolute atomic E-state index is 0.406. The molecule has 0 saturated carbocycles. The highest BCUT2D eigenvalue weighted by Gasteiger charge is 2.39. The number of carboxylic acid groups (broad SMARTS) is 1. The number of nitrogens with zero attached hydrogens (tertiary/aromatic N) is 3. The summed E-state index contributed by atoms with van der Waals surface area (Å²) in [6.07, 6.45) is 2.23. The molecule has 0 fully saturated rings. The van der Waals surface area contributed by atoms with Crippen LogP contribution >= 0.6 is 0 Å². The zero-order chi connectivity index (χ0) is 15.6. The molecular formula is C13H13N3O5. The molecule has 1 atom stereocenters. The molecule has 0 bridgehead atoms. The summed E-state index contributed by atoms with van der Waals surface area (Å²) in [6.45, 7) is 1.45. The standard InChI is InChI=1S/C13H13N3O5/c1-13(12(17)18,9-3-5-10(21-2)6-4-9)15-7-11(14-8-15)16(19)20/h3-8H,1-2H3,(H,17,18)/t13-/m0/s1. The first-order chi connectivity index (χ1) is 9.89. The lowest BCUT2D eigenvalue weighted by Gasteiger charge is -2.26. The van der Waals surface area contributed by atoms with Crippen molar-refractivity contribution in [1.29, 1.82) is 0 Å². The lowest BCUT2D eigenvalue weighted by atomic mass is 9.92. The van der Waals surface area contributed by atoms with Gasteiger partial charge in [-0.2, -0.15) is 0 Å². The molecule has 0 radical (unpaired) electrons. The van der Waals surface area contributed by atoms with Crippen molar-refractivity contribution in [2.75, 3.05) is 7.11 Å². The molecule has 1 aromatic heterocycles. The number of imidazole rings is 1. The minimum atomic E-state index is -1.51. The van der Waals surface area contributed by atoms with E-state index >= 15 is 0 Å². The summed E-state index contributed by atoms with van der Waals surface area (Å²) in [6, 6.07) is 6.45. The van der Waals surface area contributed by atoms with Gasteiger partial charge in [-0.05, 0) is 34.5 Å². The van der Waals surface area contributed by atoms with Crippen LogP contribution < -0.4 is 4.74 Å². The van der Waals surface area contributed by atoms with Crippen LogP contribution in [-0.2, 0) is 10.3 Å². The third kappa shape index (κ3) is 2.42. The predicted octanol–water partition coefficient (Wildman–Crippen LogP) is 1.65. The lowest BCUT2D eigenvalue weighted by molar-refractivity contribution is -0.389. The molecule has 0 saturated heterocycles. The topological polar surface area (TPSA) is 107 Å². The van der Waals surface area contributed by atoms with Gasteiger partial charge in [0.05, 0.1) is 7.11 Å². The number of aromatic nitrogens is 2. The van der Waals surface area contributed by atoms with Gasteiger partial charge in [0.1, 0.15) is 11.9 Å². The van der Waals surface area contributed by atoms with Gasteiger partial charge in [0.2, 0.25) is 6.33 Å². The zero-order valence-electron chi connectivity index (χ0n) is 11.4. The third-order valence-corrected chi connectivity index (χ3v) is 3.34. The maximum Gasteiger partial charge on any atom is 0.381 e.